The summed E-state index contributed by atoms with van der Waals surface area (Å²) in [5.74, 6) is 1.28. The fourth-order valence-corrected chi connectivity index (χ4v) is 1.14. The first-order valence-corrected chi connectivity index (χ1v) is 5.01. The van der Waals surface area contributed by atoms with Crippen LogP contribution < -0.4 is 9.47 Å². The molecule has 16 heavy (non-hydrogen) atoms. The summed E-state index contributed by atoms with van der Waals surface area (Å²) in [6, 6.07) is 7.20. The van der Waals surface area contributed by atoms with Crippen LogP contribution in [0.25, 0.3) is 0 Å². The summed E-state index contributed by atoms with van der Waals surface area (Å²) >= 11 is 0. The van der Waals surface area contributed by atoms with Gasteiger partial charge in [-0.05, 0) is 32.1 Å². The summed E-state index contributed by atoms with van der Waals surface area (Å²) in [6.07, 6.45) is 1.98. The Morgan fingerprint density at radius 1 is 1.31 bits per heavy atom. The average Bonchev–Trinajstić information content (AvgIpc) is 2.28. The van der Waals surface area contributed by atoms with Crippen LogP contribution in [0.2, 0.25) is 0 Å². The van der Waals surface area contributed by atoms with Crippen molar-refractivity contribution < 1.29 is 9.47 Å². The van der Waals surface area contributed by atoms with Crippen molar-refractivity contribution >= 4 is 0 Å². The molecule has 0 radical (unpaired) electrons. The van der Waals surface area contributed by atoms with Gasteiger partial charge < -0.3 is 9.47 Å². The first-order valence-electron chi connectivity index (χ1n) is 5.01. The van der Waals surface area contributed by atoms with Gasteiger partial charge in [0.05, 0.1) is 18.7 Å². The third kappa shape index (κ3) is 3.66. The molecule has 0 fully saturated rings. The minimum absolute atomic E-state index is 0.500. The topological polar surface area (TPSA) is 42.2 Å². The molecule has 0 unspecified atom stereocenters. The highest BCUT2D eigenvalue weighted by Gasteiger charge is 2.01. The number of rotatable bonds is 4. The van der Waals surface area contributed by atoms with E-state index in [2.05, 4.69) is 6.07 Å². The molecule has 1 aromatic rings. The highest BCUT2D eigenvalue weighted by Crippen LogP contribution is 2.22. The predicted octanol–water partition coefficient (Wildman–Crippen LogP) is 2.91. The minimum atomic E-state index is 0.500. The monoisotopic (exact) mass is 217 g/mol. The Bertz CT molecular complexity index is 426. The summed E-state index contributed by atoms with van der Waals surface area (Å²) < 4.78 is 10.6. The first-order chi connectivity index (χ1) is 7.65. The van der Waals surface area contributed by atoms with E-state index in [0.29, 0.717) is 23.7 Å². The summed E-state index contributed by atoms with van der Waals surface area (Å²) in [5, 5.41) is 8.82. The second kappa shape index (κ2) is 5.82. The fourth-order valence-electron chi connectivity index (χ4n) is 1.14. The number of benzene rings is 1. The zero-order valence-electron chi connectivity index (χ0n) is 9.78. The molecule has 0 atom stereocenters. The Kier molecular flexibility index (Phi) is 4.41. The highest BCUT2D eigenvalue weighted by atomic mass is 16.5. The first kappa shape index (κ1) is 12.1. The molecule has 84 valence electrons. The number of allylic oxidation sites excluding steroid dienone is 1. The SMILES string of the molecule is COc1cc(C#N)cc(OCC=C(C)C)c1. The van der Waals surface area contributed by atoms with E-state index in [9.17, 15) is 0 Å². The Morgan fingerprint density at radius 3 is 2.56 bits per heavy atom. The van der Waals surface area contributed by atoms with Crippen LogP contribution in [-0.2, 0) is 0 Å². The smallest absolute Gasteiger partial charge is 0.124 e. The molecule has 0 spiro atoms. The quantitative estimate of drug-likeness (QED) is 0.728. The second-order valence-corrected chi connectivity index (χ2v) is 3.60. The molecule has 3 heteroatoms. The van der Waals surface area contributed by atoms with Crippen LogP contribution in [0.5, 0.6) is 11.5 Å². The van der Waals surface area contributed by atoms with E-state index in [4.69, 9.17) is 14.7 Å². The van der Waals surface area contributed by atoms with Gasteiger partial charge in [0.1, 0.15) is 18.1 Å². The molecular weight excluding hydrogens is 202 g/mol. The number of hydrogen-bond acceptors (Lipinski definition) is 3. The molecule has 0 saturated carbocycles. The van der Waals surface area contributed by atoms with Crippen molar-refractivity contribution in [1.29, 1.82) is 5.26 Å². The Morgan fingerprint density at radius 2 is 2.00 bits per heavy atom. The lowest BCUT2D eigenvalue weighted by molar-refractivity contribution is 0.356. The van der Waals surface area contributed by atoms with Gasteiger partial charge in [0.25, 0.3) is 0 Å². The van der Waals surface area contributed by atoms with Gasteiger partial charge in [-0.3, -0.25) is 0 Å². The van der Waals surface area contributed by atoms with Crippen LogP contribution in [0.15, 0.2) is 29.8 Å². The third-order valence-electron chi connectivity index (χ3n) is 1.99. The molecule has 0 N–H and O–H groups in total. The van der Waals surface area contributed by atoms with Crippen LogP contribution in [0.4, 0.5) is 0 Å². The van der Waals surface area contributed by atoms with Gasteiger partial charge >= 0.3 is 0 Å². The Balaban J connectivity index is 2.80. The van der Waals surface area contributed by atoms with E-state index in [1.54, 1.807) is 25.3 Å². The van der Waals surface area contributed by atoms with Crippen molar-refractivity contribution in [2.24, 2.45) is 0 Å². The third-order valence-corrected chi connectivity index (χ3v) is 1.99. The molecule has 1 rings (SSSR count). The molecule has 0 aliphatic carbocycles. The molecular formula is C13H15NO2. The lowest BCUT2D eigenvalue weighted by Gasteiger charge is -2.06. The van der Waals surface area contributed by atoms with E-state index in [1.807, 2.05) is 19.9 Å². The van der Waals surface area contributed by atoms with Crippen LogP contribution in [0.1, 0.15) is 19.4 Å². The van der Waals surface area contributed by atoms with Gasteiger partial charge in [-0.1, -0.05) is 5.57 Å². The van der Waals surface area contributed by atoms with E-state index in [0.717, 1.165) is 0 Å². The maximum Gasteiger partial charge on any atom is 0.124 e. The molecule has 0 heterocycles. The second-order valence-electron chi connectivity index (χ2n) is 3.60. The molecule has 0 aliphatic rings. The number of nitrogens with zero attached hydrogens (tertiary/aromatic N) is 1. The molecule has 0 aliphatic heterocycles. The molecule has 0 bridgehead atoms. The van der Waals surface area contributed by atoms with Gasteiger partial charge in [-0.2, -0.15) is 5.26 Å². The van der Waals surface area contributed by atoms with E-state index in [1.165, 1.54) is 5.57 Å². The number of nitriles is 1. The molecule has 1 aromatic carbocycles. The summed E-state index contributed by atoms with van der Waals surface area (Å²) in [6.45, 7) is 4.52. The molecule has 0 aromatic heterocycles. The normalized spacial score (nSPS) is 9.12. The summed E-state index contributed by atoms with van der Waals surface area (Å²) in [7, 11) is 1.57. The number of hydrogen-bond donors (Lipinski definition) is 0. The minimum Gasteiger partial charge on any atom is -0.497 e. The zero-order valence-corrected chi connectivity index (χ0v) is 9.78. The number of methoxy groups -OCH3 is 1. The number of ether oxygens (including phenoxy) is 2. The maximum absolute atomic E-state index is 8.82. The standard InChI is InChI=1S/C13H15NO2/c1-10(2)4-5-16-13-7-11(9-14)6-12(8-13)15-3/h4,6-8H,5H2,1-3H3. The van der Waals surface area contributed by atoms with Crippen molar-refractivity contribution in [1.82, 2.24) is 0 Å². The summed E-state index contributed by atoms with van der Waals surface area (Å²) in [4.78, 5) is 0. The van der Waals surface area contributed by atoms with Gasteiger partial charge in [0.2, 0.25) is 0 Å². The van der Waals surface area contributed by atoms with Gasteiger partial charge in [-0.15, -0.1) is 0 Å². The zero-order chi connectivity index (χ0) is 12.0. The van der Waals surface area contributed by atoms with Crippen molar-refractivity contribution in [3.8, 4) is 17.6 Å². The maximum atomic E-state index is 8.82. The average molecular weight is 217 g/mol. The van der Waals surface area contributed by atoms with Crippen LogP contribution >= 0.6 is 0 Å². The lowest BCUT2D eigenvalue weighted by Crippen LogP contribution is -1.95. The van der Waals surface area contributed by atoms with Crippen LogP contribution in [-0.4, -0.2) is 13.7 Å². The van der Waals surface area contributed by atoms with Crippen LogP contribution in [0, 0.1) is 11.3 Å². The van der Waals surface area contributed by atoms with E-state index in [-0.39, 0.29) is 0 Å². The van der Waals surface area contributed by atoms with Gasteiger partial charge in [0, 0.05) is 6.07 Å². The Labute approximate surface area is 95.9 Å². The Hall–Kier alpha value is -1.95. The van der Waals surface area contributed by atoms with Crippen molar-refractivity contribution in [3.63, 3.8) is 0 Å². The lowest BCUT2D eigenvalue weighted by atomic mass is 10.2. The molecule has 3 nitrogen and oxygen atoms in total. The van der Waals surface area contributed by atoms with Crippen molar-refractivity contribution in [3.05, 3.63) is 35.4 Å². The van der Waals surface area contributed by atoms with E-state index < -0.39 is 0 Å². The highest BCUT2D eigenvalue weighted by molar-refractivity contribution is 5.43. The summed E-state index contributed by atoms with van der Waals surface area (Å²) in [5.41, 5.74) is 1.73. The molecule has 0 saturated heterocycles. The van der Waals surface area contributed by atoms with Crippen molar-refractivity contribution in [2.75, 3.05) is 13.7 Å². The fraction of sp³-hybridized carbons (Fsp3) is 0.308. The predicted molar refractivity (Wildman–Crippen MR) is 62.6 cm³/mol. The van der Waals surface area contributed by atoms with E-state index >= 15 is 0 Å². The van der Waals surface area contributed by atoms with Gasteiger partial charge in [-0.25, -0.2) is 0 Å². The van der Waals surface area contributed by atoms with Crippen LogP contribution in [0.3, 0.4) is 0 Å². The molecule has 0 amide bonds. The largest absolute Gasteiger partial charge is 0.497 e. The van der Waals surface area contributed by atoms with Crippen molar-refractivity contribution in [2.45, 2.75) is 13.8 Å². The van der Waals surface area contributed by atoms with Gasteiger partial charge in [0.15, 0.2) is 0 Å².